The summed E-state index contributed by atoms with van der Waals surface area (Å²) in [6.45, 7) is 7.95. The number of hydrogen-bond donors (Lipinski definition) is 1. The van der Waals surface area contributed by atoms with Gasteiger partial charge >= 0.3 is 6.36 Å². The average Bonchev–Trinajstić information content (AvgIpc) is 3.61. The average molecular weight is 664 g/mol. The summed E-state index contributed by atoms with van der Waals surface area (Å²) < 4.78 is 42.6. The second kappa shape index (κ2) is 13.7. The van der Waals surface area contributed by atoms with E-state index in [-0.39, 0.29) is 22.7 Å². The van der Waals surface area contributed by atoms with Crippen LogP contribution in [0.2, 0.25) is 0 Å². The van der Waals surface area contributed by atoms with Gasteiger partial charge in [-0.1, -0.05) is 56.3 Å². The molecule has 1 aliphatic heterocycles. The summed E-state index contributed by atoms with van der Waals surface area (Å²) >= 11 is 6.69. The number of thioether (sulfide) groups is 1. The third-order valence-corrected chi connectivity index (χ3v) is 7.95. The molecule has 3 aromatic carbocycles. The molecule has 0 aliphatic carbocycles. The molecule has 5 rings (SSSR count). The number of aliphatic imine (C=N–C) groups is 1. The summed E-state index contributed by atoms with van der Waals surface area (Å²) in [5.74, 6) is 0.144. The molecule has 1 fully saturated rings. The van der Waals surface area contributed by atoms with Crippen LogP contribution in [0.4, 0.5) is 18.9 Å². The van der Waals surface area contributed by atoms with Crippen molar-refractivity contribution in [3.05, 3.63) is 101 Å². The van der Waals surface area contributed by atoms with Gasteiger partial charge in [0.15, 0.2) is 11.0 Å². The zero-order valence-corrected chi connectivity index (χ0v) is 26.7. The Morgan fingerprint density at radius 3 is 2.46 bits per heavy atom. The van der Waals surface area contributed by atoms with Crippen molar-refractivity contribution in [1.82, 2.24) is 20.2 Å². The predicted molar refractivity (Wildman–Crippen MR) is 178 cm³/mol. The minimum absolute atomic E-state index is 0.0945. The molecule has 0 bridgehead atoms. The van der Waals surface area contributed by atoms with Crippen LogP contribution in [0.15, 0.2) is 94.1 Å². The fraction of sp³-hybridized carbons (Fsp3) is 0.188. The molecule has 1 saturated heterocycles. The highest BCUT2D eigenvalue weighted by atomic mass is 32.2. The molecule has 4 aromatic rings. The van der Waals surface area contributed by atoms with E-state index in [1.807, 2.05) is 56.3 Å². The Morgan fingerprint density at radius 1 is 1.09 bits per heavy atom. The van der Waals surface area contributed by atoms with Crippen molar-refractivity contribution < 1.29 is 22.7 Å². The first-order valence-corrected chi connectivity index (χ1v) is 15.2. The molecule has 9 nitrogen and oxygen atoms in total. The Hall–Kier alpha value is -4.82. The number of carbonyl (C=O) groups excluding carboxylic acids is 1. The van der Waals surface area contributed by atoms with Gasteiger partial charge < -0.3 is 4.74 Å². The molecule has 0 saturated carbocycles. The molecule has 0 atom stereocenters. The van der Waals surface area contributed by atoms with Crippen LogP contribution < -0.4 is 15.1 Å². The van der Waals surface area contributed by atoms with Crippen molar-refractivity contribution in [3.63, 3.8) is 0 Å². The summed E-state index contributed by atoms with van der Waals surface area (Å²) in [6.07, 6.45) is 0.0476. The first kappa shape index (κ1) is 32.6. The summed E-state index contributed by atoms with van der Waals surface area (Å²) in [6, 6.07) is 18.6. The smallest absolute Gasteiger partial charge is 0.406 e. The lowest BCUT2D eigenvalue weighted by molar-refractivity contribution is -0.274. The van der Waals surface area contributed by atoms with Crippen LogP contribution in [-0.4, -0.2) is 43.5 Å². The van der Waals surface area contributed by atoms with E-state index in [1.54, 1.807) is 17.2 Å². The maximum Gasteiger partial charge on any atom is 0.573 e. The van der Waals surface area contributed by atoms with Crippen molar-refractivity contribution >= 4 is 52.1 Å². The Balaban J connectivity index is 1.25. The Labute approximate surface area is 272 Å². The van der Waals surface area contributed by atoms with Crippen LogP contribution in [0.5, 0.6) is 5.75 Å². The van der Waals surface area contributed by atoms with Crippen LogP contribution in [0, 0.1) is 6.92 Å². The predicted octanol–water partition coefficient (Wildman–Crippen LogP) is 7.51. The first-order chi connectivity index (χ1) is 21.9. The summed E-state index contributed by atoms with van der Waals surface area (Å²) in [4.78, 5) is 24.3. The van der Waals surface area contributed by atoms with E-state index in [1.165, 1.54) is 47.0 Å². The van der Waals surface area contributed by atoms with Crippen molar-refractivity contribution in [2.45, 2.75) is 40.0 Å². The second-order valence-corrected chi connectivity index (χ2v) is 11.8. The minimum atomic E-state index is -4.76. The molecule has 1 N–H and O–H groups in total. The third-order valence-electron chi connectivity index (χ3n) is 6.68. The number of aryl methyl sites for hydroxylation is 1. The number of nitrogens with one attached hydrogen (secondary N) is 1. The number of halogens is 3. The molecule has 0 spiro atoms. The number of ether oxygens (including phenoxy) is 1. The normalized spacial score (nSPS) is 15.5. The molecule has 1 amide bonds. The van der Waals surface area contributed by atoms with Gasteiger partial charge in [-0.3, -0.25) is 15.1 Å². The maximum absolute atomic E-state index is 13.3. The van der Waals surface area contributed by atoms with Crippen LogP contribution >= 0.6 is 24.0 Å². The van der Waals surface area contributed by atoms with Crippen molar-refractivity contribution in [2.75, 3.05) is 4.90 Å². The fourth-order valence-corrected chi connectivity index (χ4v) is 5.60. The molecule has 14 heteroatoms. The quantitative estimate of drug-likeness (QED) is 0.0946. The number of hydrazone groups is 1. The summed E-state index contributed by atoms with van der Waals surface area (Å²) in [7, 11) is 0. The Morgan fingerprint density at radius 2 is 1.80 bits per heavy atom. The number of alkyl halides is 3. The van der Waals surface area contributed by atoms with Gasteiger partial charge in [0.25, 0.3) is 5.91 Å². The van der Waals surface area contributed by atoms with Gasteiger partial charge in [-0.15, -0.1) is 18.3 Å². The van der Waals surface area contributed by atoms with Crippen molar-refractivity contribution in [1.29, 1.82) is 0 Å². The number of aromatic nitrogens is 3. The Bertz CT molecular complexity index is 1850. The summed E-state index contributed by atoms with van der Waals surface area (Å²) in [5, 5.41) is 9.16. The number of rotatable bonds is 7. The van der Waals surface area contributed by atoms with Crippen LogP contribution in [0.25, 0.3) is 17.1 Å². The molecule has 2 heterocycles. The zero-order chi connectivity index (χ0) is 33.0. The number of carbonyl (C=O) groups is 1. The molecule has 46 heavy (non-hydrogen) atoms. The monoisotopic (exact) mass is 663 g/mol. The molecule has 0 radical (unpaired) electrons. The second-order valence-electron chi connectivity index (χ2n) is 10.4. The van der Waals surface area contributed by atoms with Gasteiger partial charge in [-0.05, 0) is 90.8 Å². The molecule has 236 valence electrons. The topological polar surface area (TPSA) is 97.0 Å². The number of benzene rings is 3. The lowest BCUT2D eigenvalue weighted by atomic mass is 9.98. The number of nitrogens with zero attached hydrogens (tertiary/aromatic N) is 6. The lowest BCUT2D eigenvalue weighted by Crippen LogP contribution is -2.31. The van der Waals surface area contributed by atoms with E-state index >= 15 is 0 Å². The summed E-state index contributed by atoms with van der Waals surface area (Å²) in [5.41, 5.74) is 7.59. The molecule has 1 aromatic heterocycles. The van der Waals surface area contributed by atoms with Gasteiger partial charge in [0.2, 0.25) is 5.11 Å². The molecule has 0 unspecified atom stereocenters. The third kappa shape index (κ3) is 7.69. The van der Waals surface area contributed by atoms with Crippen LogP contribution in [-0.2, 0) is 4.79 Å². The van der Waals surface area contributed by atoms with Crippen molar-refractivity contribution in [3.8, 4) is 22.8 Å². The maximum atomic E-state index is 13.3. The van der Waals surface area contributed by atoms with Crippen molar-refractivity contribution in [2.24, 2.45) is 10.1 Å². The van der Waals surface area contributed by atoms with E-state index in [9.17, 15) is 18.0 Å². The van der Waals surface area contributed by atoms with Crippen LogP contribution in [0.1, 0.15) is 43.4 Å². The van der Waals surface area contributed by atoms with Gasteiger partial charge in [0.1, 0.15) is 12.1 Å². The SMILES string of the molecule is C/C=C1\SC(=NC(=S)N/N=C/c2ccc(-c3ncn(-c4ccc(OC(F)(F)F)cc4)n3)cc2)N(c2cc(C)ccc2C(C)C)C1=O. The van der Waals surface area contributed by atoms with E-state index in [0.717, 1.165) is 27.9 Å². The molecular formula is C32H28F3N7O2S2. The number of allylic oxidation sites excluding steroid dienone is 1. The van der Waals surface area contributed by atoms with E-state index in [4.69, 9.17) is 12.2 Å². The fourth-order valence-electron chi connectivity index (χ4n) is 4.50. The van der Waals surface area contributed by atoms with Gasteiger partial charge in [0.05, 0.1) is 22.5 Å². The number of amidine groups is 1. The van der Waals surface area contributed by atoms with Gasteiger partial charge in [-0.2, -0.15) is 10.1 Å². The number of thiocarbonyl (C=S) groups is 1. The zero-order valence-electron chi connectivity index (χ0n) is 25.1. The molecular weight excluding hydrogens is 636 g/mol. The number of hydrogen-bond acceptors (Lipinski definition) is 7. The van der Waals surface area contributed by atoms with Gasteiger partial charge in [0, 0.05) is 5.56 Å². The number of amides is 1. The highest BCUT2D eigenvalue weighted by molar-refractivity contribution is 8.19. The van der Waals surface area contributed by atoms with E-state index < -0.39 is 6.36 Å². The van der Waals surface area contributed by atoms with E-state index in [0.29, 0.717) is 21.6 Å². The first-order valence-electron chi connectivity index (χ1n) is 14.0. The number of anilines is 1. The highest BCUT2D eigenvalue weighted by Crippen LogP contribution is 2.38. The lowest BCUT2D eigenvalue weighted by Gasteiger charge is -2.22. The highest BCUT2D eigenvalue weighted by Gasteiger charge is 2.36. The van der Waals surface area contributed by atoms with Gasteiger partial charge in [-0.25, -0.2) is 9.67 Å². The standard InChI is InChI=1S/C32H28F3N7O2S2/c1-5-27-29(43)42(26-16-20(4)6-15-25(26)19(2)3)31(46-27)38-30(45)39-37-17-21-7-9-22(10-8-21)28-36-18-41(40-28)23-11-13-24(14-12-23)44-32(33,34)35/h5-19H,1-4H3,(H,39,45)/b27-5-,37-17+,38-31?. The Kier molecular flexibility index (Phi) is 9.68. The molecule has 1 aliphatic rings. The largest absolute Gasteiger partial charge is 0.573 e. The minimum Gasteiger partial charge on any atom is -0.406 e. The van der Waals surface area contributed by atoms with Crippen LogP contribution in [0.3, 0.4) is 0 Å². The van der Waals surface area contributed by atoms with E-state index in [2.05, 4.69) is 44.2 Å².